The van der Waals surface area contributed by atoms with Crippen molar-refractivity contribution >= 4 is 43.5 Å². The molecule has 0 amide bonds. The number of aryl methyl sites for hydroxylation is 1. The Bertz CT molecular complexity index is 529. The lowest BCUT2D eigenvalue weighted by atomic mass is 10.0. The molecule has 1 aromatic carbocycles. The SMILES string of the molecule is CNC(c1cc(Br)cc(Br)c1)c1c(Cl)cnn1C. The molecule has 0 bridgehead atoms. The molecule has 6 heteroatoms. The Hall–Kier alpha value is -0.360. The van der Waals surface area contributed by atoms with E-state index in [-0.39, 0.29) is 6.04 Å². The lowest BCUT2D eigenvalue weighted by molar-refractivity contribution is 0.606. The van der Waals surface area contributed by atoms with Crippen molar-refractivity contribution in [2.75, 3.05) is 7.05 Å². The molecule has 2 aromatic rings. The quantitative estimate of drug-likeness (QED) is 0.857. The lowest BCUT2D eigenvalue weighted by Crippen LogP contribution is -2.21. The van der Waals surface area contributed by atoms with Gasteiger partial charge in [0.05, 0.1) is 23.0 Å². The van der Waals surface area contributed by atoms with E-state index in [4.69, 9.17) is 11.6 Å². The second-order valence-corrected chi connectivity index (χ2v) is 6.16. The van der Waals surface area contributed by atoms with E-state index in [0.29, 0.717) is 5.02 Å². The Balaban J connectivity index is 2.52. The monoisotopic (exact) mass is 391 g/mol. The Morgan fingerprint density at radius 1 is 1.28 bits per heavy atom. The van der Waals surface area contributed by atoms with E-state index in [9.17, 15) is 0 Å². The maximum atomic E-state index is 6.20. The molecular weight excluding hydrogens is 381 g/mol. The Morgan fingerprint density at radius 2 is 1.89 bits per heavy atom. The number of benzene rings is 1. The molecule has 18 heavy (non-hydrogen) atoms. The van der Waals surface area contributed by atoms with Crippen LogP contribution in [0.1, 0.15) is 17.3 Å². The highest BCUT2D eigenvalue weighted by atomic mass is 79.9. The molecule has 0 spiro atoms. The lowest BCUT2D eigenvalue weighted by Gasteiger charge is -2.18. The van der Waals surface area contributed by atoms with Gasteiger partial charge in [-0.15, -0.1) is 0 Å². The summed E-state index contributed by atoms with van der Waals surface area (Å²) < 4.78 is 3.83. The van der Waals surface area contributed by atoms with Crippen LogP contribution in [0.4, 0.5) is 0 Å². The van der Waals surface area contributed by atoms with Gasteiger partial charge in [-0.1, -0.05) is 43.5 Å². The van der Waals surface area contributed by atoms with E-state index in [2.05, 4.69) is 54.4 Å². The Labute approximate surface area is 128 Å². The van der Waals surface area contributed by atoms with Crippen LogP contribution in [0.25, 0.3) is 0 Å². The molecule has 0 aliphatic carbocycles. The molecule has 0 aliphatic rings. The minimum absolute atomic E-state index is 0.00111. The first-order valence-electron chi connectivity index (χ1n) is 5.33. The van der Waals surface area contributed by atoms with Crippen LogP contribution in [0.2, 0.25) is 5.02 Å². The second kappa shape index (κ2) is 5.74. The van der Waals surface area contributed by atoms with Gasteiger partial charge in [-0.05, 0) is 30.8 Å². The van der Waals surface area contributed by atoms with Crippen LogP contribution in [0.5, 0.6) is 0 Å². The molecule has 1 atom stereocenters. The zero-order chi connectivity index (χ0) is 13.3. The number of rotatable bonds is 3. The van der Waals surface area contributed by atoms with Crippen molar-refractivity contribution in [1.29, 1.82) is 0 Å². The molecule has 3 nitrogen and oxygen atoms in total. The van der Waals surface area contributed by atoms with Gasteiger partial charge < -0.3 is 5.32 Å². The number of halogens is 3. The van der Waals surface area contributed by atoms with Crippen molar-refractivity contribution in [2.24, 2.45) is 7.05 Å². The topological polar surface area (TPSA) is 29.9 Å². The molecule has 0 saturated carbocycles. The summed E-state index contributed by atoms with van der Waals surface area (Å²) in [5.74, 6) is 0. The van der Waals surface area contributed by atoms with Gasteiger partial charge in [0.1, 0.15) is 0 Å². The number of nitrogens with zero attached hydrogens (tertiary/aromatic N) is 2. The number of hydrogen-bond acceptors (Lipinski definition) is 2. The summed E-state index contributed by atoms with van der Waals surface area (Å²) in [4.78, 5) is 0. The predicted molar refractivity (Wildman–Crippen MR) is 81.0 cm³/mol. The second-order valence-electron chi connectivity index (χ2n) is 3.93. The van der Waals surface area contributed by atoms with Crippen molar-refractivity contribution in [3.05, 3.63) is 49.6 Å². The van der Waals surface area contributed by atoms with Gasteiger partial charge in [-0.2, -0.15) is 5.10 Å². The van der Waals surface area contributed by atoms with Gasteiger partial charge in [0.15, 0.2) is 0 Å². The van der Waals surface area contributed by atoms with Gasteiger partial charge in [0.25, 0.3) is 0 Å². The summed E-state index contributed by atoms with van der Waals surface area (Å²) in [7, 11) is 3.79. The largest absolute Gasteiger partial charge is 0.308 e. The molecule has 0 radical (unpaired) electrons. The fourth-order valence-corrected chi connectivity index (χ4v) is 3.55. The van der Waals surface area contributed by atoms with Crippen LogP contribution < -0.4 is 5.32 Å². The van der Waals surface area contributed by atoms with Crippen molar-refractivity contribution in [3.8, 4) is 0 Å². The highest BCUT2D eigenvalue weighted by Gasteiger charge is 2.20. The first kappa shape index (κ1) is 14.1. The van der Waals surface area contributed by atoms with Gasteiger partial charge >= 0.3 is 0 Å². The van der Waals surface area contributed by atoms with Gasteiger partial charge in [-0.25, -0.2) is 0 Å². The molecule has 0 aliphatic heterocycles. The molecule has 1 N–H and O–H groups in total. The molecule has 2 rings (SSSR count). The van der Waals surface area contributed by atoms with E-state index < -0.39 is 0 Å². The van der Waals surface area contributed by atoms with E-state index in [1.807, 2.05) is 20.2 Å². The summed E-state index contributed by atoms with van der Waals surface area (Å²) in [5, 5.41) is 8.11. The number of aromatic nitrogens is 2. The normalized spacial score (nSPS) is 12.7. The summed E-state index contributed by atoms with van der Waals surface area (Å²) >= 11 is 13.2. The van der Waals surface area contributed by atoms with Crippen molar-refractivity contribution in [1.82, 2.24) is 15.1 Å². The average molecular weight is 394 g/mol. The minimum atomic E-state index is -0.00111. The molecule has 0 saturated heterocycles. The van der Waals surface area contributed by atoms with Crippen molar-refractivity contribution in [2.45, 2.75) is 6.04 Å². The zero-order valence-electron chi connectivity index (χ0n) is 9.92. The third kappa shape index (κ3) is 2.79. The highest BCUT2D eigenvalue weighted by molar-refractivity contribution is 9.11. The van der Waals surface area contributed by atoms with Crippen LogP contribution in [0.3, 0.4) is 0 Å². The summed E-state index contributed by atoms with van der Waals surface area (Å²) in [6.07, 6.45) is 1.66. The smallest absolute Gasteiger partial charge is 0.0837 e. The molecule has 1 heterocycles. The first-order valence-corrected chi connectivity index (χ1v) is 7.30. The minimum Gasteiger partial charge on any atom is -0.308 e. The van der Waals surface area contributed by atoms with Crippen molar-refractivity contribution < 1.29 is 0 Å². The Morgan fingerprint density at radius 3 is 2.33 bits per heavy atom. The van der Waals surface area contributed by atoms with Gasteiger partial charge in [0, 0.05) is 16.0 Å². The van der Waals surface area contributed by atoms with Crippen LogP contribution in [0.15, 0.2) is 33.3 Å². The summed E-state index contributed by atoms with van der Waals surface area (Å²) in [6.45, 7) is 0. The van der Waals surface area contributed by atoms with Crippen molar-refractivity contribution in [3.63, 3.8) is 0 Å². The van der Waals surface area contributed by atoms with Crippen LogP contribution >= 0.6 is 43.5 Å². The highest BCUT2D eigenvalue weighted by Crippen LogP contribution is 2.31. The molecule has 0 fully saturated rings. The molecule has 96 valence electrons. The average Bonchev–Trinajstić information content (AvgIpc) is 2.61. The first-order chi connectivity index (χ1) is 8.52. The maximum Gasteiger partial charge on any atom is 0.0837 e. The molecule has 1 aromatic heterocycles. The zero-order valence-corrected chi connectivity index (χ0v) is 13.8. The van der Waals surface area contributed by atoms with Crippen LogP contribution in [-0.4, -0.2) is 16.8 Å². The van der Waals surface area contributed by atoms with E-state index in [0.717, 1.165) is 20.2 Å². The standard InChI is InChI=1S/C12H12Br2ClN3/c1-16-11(12-10(15)6-17-18(12)2)7-3-8(13)5-9(14)4-7/h3-6,11,16H,1-2H3. The summed E-state index contributed by atoms with van der Waals surface area (Å²) in [5.41, 5.74) is 2.06. The van der Waals surface area contributed by atoms with Crippen LogP contribution in [0, 0.1) is 0 Å². The molecule has 1 unspecified atom stereocenters. The van der Waals surface area contributed by atoms with Crippen LogP contribution in [-0.2, 0) is 7.05 Å². The van der Waals surface area contributed by atoms with Gasteiger partial charge in [-0.3, -0.25) is 4.68 Å². The molecular formula is C12H12Br2ClN3. The maximum absolute atomic E-state index is 6.20. The predicted octanol–water partition coefficient (Wildman–Crippen LogP) is 3.91. The van der Waals surface area contributed by atoms with E-state index >= 15 is 0 Å². The number of hydrogen-bond donors (Lipinski definition) is 1. The fourth-order valence-electron chi connectivity index (χ4n) is 1.95. The van der Waals surface area contributed by atoms with E-state index in [1.54, 1.807) is 10.9 Å². The Kier molecular flexibility index (Phi) is 4.48. The number of nitrogens with one attached hydrogen (secondary N) is 1. The fraction of sp³-hybridized carbons (Fsp3) is 0.250. The van der Waals surface area contributed by atoms with Gasteiger partial charge in [0.2, 0.25) is 0 Å². The third-order valence-electron chi connectivity index (χ3n) is 2.72. The third-order valence-corrected chi connectivity index (χ3v) is 3.92. The van der Waals surface area contributed by atoms with E-state index in [1.165, 1.54) is 0 Å². The summed E-state index contributed by atoms with van der Waals surface area (Å²) in [6, 6.07) is 6.13.